The zero-order valence-corrected chi connectivity index (χ0v) is 20.0. The van der Waals surface area contributed by atoms with Crippen LogP contribution in [0.15, 0.2) is 48.9 Å². The second-order valence-corrected chi connectivity index (χ2v) is 9.13. The van der Waals surface area contributed by atoms with E-state index in [0.29, 0.717) is 51.8 Å². The van der Waals surface area contributed by atoms with E-state index < -0.39 is 6.17 Å². The summed E-state index contributed by atoms with van der Waals surface area (Å²) in [4.78, 5) is 30.7. The zero-order chi connectivity index (χ0) is 24.8. The van der Waals surface area contributed by atoms with Crippen LogP contribution in [-0.4, -0.2) is 59.8 Å². The van der Waals surface area contributed by atoms with E-state index in [2.05, 4.69) is 20.1 Å². The summed E-state index contributed by atoms with van der Waals surface area (Å²) >= 11 is 6.68. The van der Waals surface area contributed by atoms with Gasteiger partial charge in [0.15, 0.2) is 0 Å². The van der Waals surface area contributed by atoms with Crippen molar-refractivity contribution in [3.63, 3.8) is 0 Å². The lowest BCUT2D eigenvalue weighted by Gasteiger charge is -2.14. The van der Waals surface area contributed by atoms with Gasteiger partial charge in [0.05, 0.1) is 41.2 Å². The summed E-state index contributed by atoms with van der Waals surface area (Å²) in [5.41, 5.74) is 4.07. The van der Waals surface area contributed by atoms with Gasteiger partial charge in [-0.3, -0.25) is 14.5 Å². The summed E-state index contributed by atoms with van der Waals surface area (Å²) in [6.45, 7) is 2.50. The van der Waals surface area contributed by atoms with E-state index in [0.717, 1.165) is 16.9 Å². The Morgan fingerprint density at radius 1 is 1.22 bits per heavy atom. The van der Waals surface area contributed by atoms with Crippen LogP contribution in [0.25, 0.3) is 33.3 Å². The molecule has 1 atom stereocenters. The summed E-state index contributed by atoms with van der Waals surface area (Å²) in [5.74, 6) is 1.72. The number of carbonyl (C=O) groups is 1. The number of aryl methyl sites for hydroxylation is 1. The molecule has 5 aromatic rings. The van der Waals surface area contributed by atoms with Crippen LogP contribution in [-0.2, 0) is 11.3 Å². The quantitative estimate of drug-likeness (QED) is 0.371. The number of benzene rings is 2. The molecule has 1 aliphatic heterocycles. The number of halogens is 2. The van der Waals surface area contributed by atoms with Crippen LogP contribution in [0.3, 0.4) is 0 Å². The number of amides is 1. The minimum Gasteiger partial charge on any atom is -0.456 e. The van der Waals surface area contributed by atoms with Crippen LogP contribution in [0.1, 0.15) is 12.2 Å². The van der Waals surface area contributed by atoms with Crippen LogP contribution in [0.5, 0.6) is 11.5 Å². The number of H-pyrrole nitrogens is 1. The van der Waals surface area contributed by atoms with Crippen molar-refractivity contribution in [1.82, 2.24) is 34.6 Å². The van der Waals surface area contributed by atoms with E-state index >= 15 is 0 Å². The van der Waals surface area contributed by atoms with Crippen LogP contribution in [0, 0.1) is 6.92 Å². The molecule has 1 amide bonds. The van der Waals surface area contributed by atoms with Gasteiger partial charge in [0.25, 0.3) is 0 Å². The number of rotatable bonds is 5. The van der Waals surface area contributed by atoms with E-state index in [1.165, 1.54) is 9.58 Å². The maximum Gasteiger partial charge on any atom is 0.244 e. The van der Waals surface area contributed by atoms with Crippen molar-refractivity contribution in [2.45, 2.75) is 26.1 Å². The Balaban J connectivity index is 1.25. The van der Waals surface area contributed by atoms with Crippen molar-refractivity contribution in [3.05, 3.63) is 59.8 Å². The minimum atomic E-state index is -0.953. The van der Waals surface area contributed by atoms with E-state index in [-0.39, 0.29) is 19.0 Å². The first-order valence-corrected chi connectivity index (χ1v) is 11.8. The summed E-state index contributed by atoms with van der Waals surface area (Å²) < 4.78 is 21.0. The fourth-order valence-electron chi connectivity index (χ4n) is 4.32. The Kier molecular flexibility index (Phi) is 5.52. The maximum absolute atomic E-state index is 13.4. The molecule has 4 heterocycles. The summed E-state index contributed by atoms with van der Waals surface area (Å²) in [6, 6.07) is 9.12. The molecule has 0 aliphatic carbocycles. The molecule has 1 saturated heterocycles. The molecule has 6 rings (SSSR count). The molecule has 1 N–H and O–H groups in total. The summed E-state index contributed by atoms with van der Waals surface area (Å²) in [6.07, 6.45) is 4.39. The number of fused-ring (bicyclic) bond motifs is 2. The van der Waals surface area contributed by atoms with Crippen LogP contribution >= 0.6 is 11.6 Å². The number of hydrogen-bond acceptors (Lipinski definition) is 6. The van der Waals surface area contributed by atoms with E-state index in [4.69, 9.17) is 21.3 Å². The van der Waals surface area contributed by atoms with Gasteiger partial charge in [0, 0.05) is 24.4 Å². The number of alkyl halides is 1. The third kappa shape index (κ3) is 4.24. The fourth-order valence-corrected chi connectivity index (χ4v) is 4.56. The average molecular weight is 506 g/mol. The molecule has 3 aromatic heterocycles. The first kappa shape index (κ1) is 22.4. The molecular weight excluding hydrogens is 485 g/mol. The van der Waals surface area contributed by atoms with Crippen molar-refractivity contribution in [2.75, 3.05) is 13.1 Å². The lowest BCUT2D eigenvalue weighted by Crippen LogP contribution is -2.32. The van der Waals surface area contributed by atoms with Crippen LogP contribution in [0.4, 0.5) is 4.39 Å². The lowest BCUT2D eigenvalue weighted by atomic mass is 10.2. The second kappa shape index (κ2) is 8.87. The van der Waals surface area contributed by atoms with Crippen molar-refractivity contribution in [1.29, 1.82) is 0 Å². The largest absolute Gasteiger partial charge is 0.456 e. The Labute approximate surface area is 209 Å². The Morgan fingerprint density at radius 2 is 2.08 bits per heavy atom. The van der Waals surface area contributed by atoms with E-state index in [1.54, 1.807) is 30.7 Å². The van der Waals surface area contributed by atoms with Gasteiger partial charge in [-0.2, -0.15) is 5.10 Å². The summed E-state index contributed by atoms with van der Waals surface area (Å²) in [5, 5.41) is 4.60. The highest BCUT2D eigenvalue weighted by Crippen LogP contribution is 2.35. The van der Waals surface area contributed by atoms with Crippen molar-refractivity contribution in [3.8, 4) is 22.8 Å². The van der Waals surface area contributed by atoms with E-state index in [1.807, 2.05) is 25.1 Å². The number of imidazole rings is 1. The number of carbonyl (C=O) groups excluding carboxylic acids is 1. The SMILES string of the molecule is Cc1nc2ccc(Oc3ccc4ncc(-c5cnn(CC(=O)N6CC[C@H](F)C6)c5)nc4c3Cl)cc2[nH]1. The third-order valence-corrected chi connectivity index (χ3v) is 6.49. The molecular formula is C25H21ClFN7O2. The highest BCUT2D eigenvalue weighted by Gasteiger charge is 2.26. The first-order valence-electron chi connectivity index (χ1n) is 11.5. The van der Waals surface area contributed by atoms with Gasteiger partial charge < -0.3 is 14.6 Å². The van der Waals surface area contributed by atoms with Gasteiger partial charge >= 0.3 is 0 Å². The standard InChI is InChI=1S/C25H21ClFN7O2/c1-14-30-18-3-2-17(8-20(18)31-14)36-22-5-4-19-25(24(22)26)32-21(10-28-19)15-9-29-34(11-15)13-23(35)33-7-6-16(27)12-33/h2-5,8-11,16H,6-7,12-13H2,1H3,(H,30,31)/t16-/m0/s1. The Hall–Kier alpha value is -4.05. The number of likely N-dealkylation sites (tertiary alicyclic amines) is 1. The third-order valence-electron chi connectivity index (χ3n) is 6.13. The smallest absolute Gasteiger partial charge is 0.244 e. The van der Waals surface area contributed by atoms with Gasteiger partial charge in [-0.1, -0.05) is 11.6 Å². The summed E-state index contributed by atoms with van der Waals surface area (Å²) in [7, 11) is 0. The van der Waals surface area contributed by atoms with Crippen molar-refractivity contribution >= 4 is 39.6 Å². The highest BCUT2D eigenvalue weighted by atomic mass is 35.5. The second-order valence-electron chi connectivity index (χ2n) is 8.76. The molecule has 1 fully saturated rings. The number of nitrogens with one attached hydrogen (secondary N) is 1. The van der Waals surface area contributed by atoms with Crippen molar-refractivity contribution in [2.24, 2.45) is 0 Å². The Bertz CT molecular complexity index is 1620. The minimum absolute atomic E-state index is 0.0344. The molecule has 11 heteroatoms. The lowest BCUT2D eigenvalue weighted by molar-refractivity contribution is -0.131. The molecule has 0 unspecified atom stereocenters. The Morgan fingerprint density at radius 3 is 2.92 bits per heavy atom. The van der Waals surface area contributed by atoms with Gasteiger partial charge in [0.2, 0.25) is 5.91 Å². The first-order chi connectivity index (χ1) is 17.4. The number of hydrogen-bond donors (Lipinski definition) is 1. The number of aromatic nitrogens is 6. The monoisotopic (exact) mass is 505 g/mol. The van der Waals surface area contributed by atoms with Crippen LogP contribution in [0.2, 0.25) is 5.02 Å². The van der Waals surface area contributed by atoms with Gasteiger partial charge in [-0.05, 0) is 37.6 Å². The molecule has 1 aliphatic rings. The molecule has 0 bridgehead atoms. The number of nitrogens with zero attached hydrogens (tertiary/aromatic N) is 6. The van der Waals surface area contributed by atoms with Gasteiger partial charge in [-0.15, -0.1) is 0 Å². The predicted molar refractivity (Wildman–Crippen MR) is 133 cm³/mol. The van der Waals surface area contributed by atoms with Gasteiger partial charge in [-0.25, -0.2) is 14.4 Å². The number of ether oxygens (including phenoxy) is 1. The van der Waals surface area contributed by atoms with Crippen molar-refractivity contribution < 1.29 is 13.9 Å². The van der Waals surface area contributed by atoms with Crippen LogP contribution < -0.4 is 4.74 Å². The normalized spacial score (nSPS) is 15.8. The highest BCUT2D eigenvalue weighted by molar-refractivity contribution is 6.36. The van der Waals surface area contributed by atoms with E-state index in [9.17, 15) is 9.18 Å². The average Bonchev–Trinajstić information content (AvgIpc) is 3.60. The predicted octanol–water partition coefficient (Wildman–Crippen LogP) is 4.69. The maximum atomic E-state index is 13.4. The molecule has 2 aromatic carbocycles. The number of aromatic amines is 1. The molecule has 0 spiro atoms. The van der Waals surface area contributed by atoms with Gasteiger partial charge in [0.1, 0.15) is 40.6 Å². The fraction of sp³-hybridized carbons (Fsp3) is 0.240. The molecule has 9 nitrogen and oxygen atoms in total. The molecule has 0 radical (unpaired) electrons. The molecule has 0 saturated carbocycles. The molecule has 36 heavy (non-hydrogen) atoms. The zero-order valence-electron chi connectivity index (χ0n) is 19.3. The topological polar surface area (TPSA) is 102 Å². The molecule has 182 valence electrons.